The summed E-state index contributed by atoms with van der Waals surface area (Å²) in [7, 11) is 0. The average Bonchev–Trinajstić information content (AvgIpc) is 0. The van der Waals surface area contributed by atoms with Crippen LogP contribution in [0.2, 0.25) is 0 Å². The topological polar surface area (TPSA) is 31.5 Å². The molecule has 0 saturated carbocycles. The molecule has 0 aromatic carbocycles. The number of hydrogen-bond acceptors (Lipinski definition) is 0. The van der Waals surface area contributed by atoms with Crippen LogP contribution in [-0.4, -0.2) is 56.9 Å². The van der Waals surface area contributed by atoms with Crippen molar-refractivity contribution in [1.82, 2.24) is 0 Å². The zero-order valence-corrected chi connectivity index (χ0v) is 3.92. The Morgan fingerprint density at radius 3 is 1.00 bits per heavy atom. The molecule has 0 amide bonds. The average molecular weight is 195 g/mol. The second kappa shape index (κ2) is 30.8. The fourth-order valence-corrected chi connectivity index (χ4v) is 0. The van der Waals surface area contributed by atoms with Crippen molar-refractivity contribution < 1.29 is 38.2 Å². The third-order valence-corrected chi connectivity index (χ3v) is 0. The van der Waals surface area contributed by atoms with Crippen LogP contribution < -0.4 is 0 Å². The van der Waals surface area contributed by atoms with Crippen molar-refractivity contribution in [2.45, 2.75) is 0 Å². The Morgan fingerprint density at radius 1 is 1.00 bits per heavy atom. The summed E-state index contributed by atoms with van der Waals surface area (Å²) in [6, 6.07) is 0. The maximum atomic E-state index is 0. The van der Waals surface area contributed by atoms with Crippen molar-refractivity contribution in [2.75, 3.05) is 0 Å². The fourth-order valence-electron chi connectivity index (χ4n) is 0. The molecule has 0 spiro atoms. The summed E-state index contributed by atoms with van der Waals surface area (Å²) >= 11 is 0. The van der Waals surface area contributed by atoms with Gasteiger partial charge in [0.25, 0.3) is 0 Å². The van der Waals surface area contributed by atoms with Crippen LogP contribution in [0.1, 0.15) is 0 Å². The van der Waals surface area contributed by atoms with E-state index in [0.29, 0.717) is 0 Å². The van der Waals surface area contributed by atoms with E-state index in [1.165, 1.54) is 0 Å². The van der Waals surface area contributed by atoms with Gasteiger partial charge in [-0.25, -0.2) is 0 Å². The van der Waals surface area contributed by atoms with E-state index in [9.17, 15) is 0 Å². The van der Waals surface area contributed by atoms with E-state index in [1.807, 2.05) is 0 Å². The molecule has 0 aromatic heterocycles. The number of rotatable bonds is 0. The zero-order chi connectivity index (χ0) is 0. The van der Waals surface area contributed by atoms with Crippen molar-refractivity contribution in [3.8, 4) is 0 Å². The summed E-state index contributed by atoms with van der Waals surface area (Å²) in [5.41, 5.74) is 0. The van der Waals surface area contributed by atoms with Gasteiger partial charge in [0, 0.05) is 32.7 Å². The van der Waals surface area contributed by atoms with Crippen LogP contribution in [0.5, 0.6) is 0 Å². The largest absolute Gasteiger partial charge is 0.412 e. The maximum Gasteiger partial charge on any atom is 0.316 e. The Bertz CT molecular complexity index is 11.6. The van der Waals surface area contributed by atoms with Crippen molar-refractivity contribution in [3.05, 3.63) is 0 Å². The van der Waals surface area contributed by atoms with Crippen LogP contribution >= 0.6 is 0 Å². The van der Waals surface area contributed by atoms with Crippen LogP contribution in [0.3, 0.4) is 0 Å². The van der Waals surface area contributed by atoms with Crippen LogP contribution in [0.15, 0.2) is 0 Å². The van der Waals surface area contributed by atoms with Gasteiger partial charge in [0.1, 0.15) is 0 Å². The molecule has 0 bridgehead atoms. The van der Waals surface area contributed by atoms with Gasteiger partial charge in [-0.15, -0.1) is 0 Å². The van der Waals surface area contributed by atoms with E-state index in [0.717, 1.165) is 0 Å². The molecule has 0 rings (SSSR count). The van der Waals surface area contributed by atoms with Crippen molar-refractivity contribution in [2.24, 2.45) is 0 Å². The maximum absolute atomic E-state index is 0. The van der Waals surface area contributed by atoms with Crippen LogP contribution in [0.4, 0.5) is 0 Å². The number of hydrogen-bond donors (Lipinski definition) is 0. The van der Waals surface area contributed by atoms with E-state index < -0.39 is 0 Å². The molecule has 0 heterocycles. The molecule has 0 saturated heterocycles. The Balaban J connectivity index is 0. The first-order chi connectivity index (χ1) is 0. The van der Waals surface area contributed by atoms with E-state index in [-0.39, 0.29) is 89.6 Å². The van der Waals surface area contributed by atoms with Gasteiger partial charge in [-0.1, -0.05) is 0 Å². The summed E-state index contributed by atoms with van der Waals surface area (Å²) in [6.45, 7) is 0. The van der Waals surface area contributed by atoms with Gasteiger partial charge >= 0.3 is 23.1 Å². The van der Waals surface area contributed by atoms with Gasteiger partial charge in [-0.3, -0.25) is 0 Å². The minimum absolute atomic E-state index is 0. The fraction of sp³-hybridized carbons (Fsp3) is 0. The van der Waals surface area contributed by atoms with Crippen LogP contribution in [-0.2, 0) is 32.7 Å². The predicted molar refractivity (Wildman–Crippen MR) is 33.4 cm³/mol. The van der Waals surface area contributed by atoms with Gasteiger partial charge < -0.3 is 5.48 Å². The third kappa shape index (κ3) is 20.7. The van der Waals surface area contributed by atoms with Gasteiger partial charge in [0.15, 0.2) is 17.4 Å². The first kappa shape index (κ1) is 49.3. The molecule has 29 valence electrons. The zero-order valence-electron chi connectivity index (χ0n) is 1.08. The molecule has 0 aliphatic rings. The molecule has 0 unspecified atom stereocenters. The molecular weight excluding hydrogens is 184 g/mol. The molecule has 0 aliphatic heterocycles. The van der Waals surface area contributed by atoms with Crippen LogP contribution in [0, 0.1) is 0 Å². The van der Waals surface area contributed by atoms with E-state index in [2.05, 4.69) is 0 Å². The van der Waals surface area contributed by atoms with Gasteiger partial charge in [-0.05, 0) is 11.0 Å². The molecule has 1 nitrogen and oxygen atoms in total. The Morgan fingerprint density at radius 2 is 1.00 bits per heavy atom. The minimum Gasteiger partial charge on any atom is -0.412 e. The van der Waals surface area contributed by atoms with E-state index in [1.54, 1.807) is 0 Å². The normalized spacial score (nSPS) is 0. The third-order valence-electron chi connectivity index (χ3n) is 0. The molecule has 0 atom stereocenters. The summed E-state index contributed by atoms with van der Waals surface area (Å²) in [4.78, 5) is 0. The summed E-state index contributed by atoms with van der Waals surface area (Å²) in [5.74, 6) is 0. The van der Waals surface area contributed by atoms with Crippen molar-refractivity contribution in [3.63, 3.8) is 0 Å². The van der Waals surface area contributed by atoms with Gasteiger partial charge in [-0.2, -0.15) is 0 Å². The van der Waals surface area contributed by atoms with E-state index >= 15 is 0 Å². The molecule has 5 heavy (non-hydrogen) atoms. The second-order valence-corrected chi connectivity index (χ2v) is 0. The Hall–Kier alpha value is 2.58. The SMILES string of the molecule is O.[AlH3].[MgH2].[SiH4].[Y]. The predicted octanol–water partition coefficient (Wildman–Crippen LogP) is -4.38. The van der Waals surface area contributed by atoms with Gasteiger partial charge in [0.05, 0.1) is 0 Å². The monoisotopic (exact) mass is 195 g/mol. The molecule has 2 N–H and O–H groups in total. The van der Waals surface area contributed by atoms with E-state index in [4.69, 9.17) is 0 Å². The smallest absolute Gasteiger partial charge is 0.316 e. The molecule has 5 heteroatoms. The molecule has 0 fully saturated rings. The quantitative estimate of drug-likeness (QED) is 0.350. The Labute approximate surface area is 88.1 Å². The summed E-state index contributed by atoms with van der Waals surface area (Å²) in [6.07, 6.45) is 0. The van der Waals surface area contributed by atoms with Crippen molar-refractivity contribution >= 4 is 51.4 Å². The van der Waals surface area contributed by atoms with Crippen LogP contribution in [0.25, 0.3) is 0 Å². The molecular formula is H11AlMgOSiY. The molecule has 0 aliphatic carbocycles. The summed E-state index contributed by atoms with van der Waals surface area (Å²) < 4.78 is 0. The summed E-state index contributed by atoms with van der Waals surface area (Å²) in [5, 5.41) is 0. The first-order valence-electron chi connectivity index (χ1n) is 0. The standard InChI is InChI=1S/Al.Mg.H2O.H4Si.Y.5H/h;;1H2;1H4;;;;;;. The Kier molecular flexibility index (Phi) is 304. The molecule has 1 radical (unpaired) electrons. The van der Waals surface area contributed by atoms with Gasteiger partial charge in [0.2, 0.25) is 0 Å². The first-order valence-corrected chi connectivity index (χ1v) is 0. The second-order valence-electron chi connectivity index (χ2n) is 0. The minimum atomic E-state index is 0. The van der Waals surface area contributed by atoms with Crippen molar-refractivity contribution in [1.29, 1.82) is 0 Å². The molecule has 0 aromatic rings.